The van der Waals surface area contributed by atoms with Crippen molar-refractivity contribution in [3.05, 3.63) is 47.3 Å². The molecule has 0 aliphatic carbocycles. The van der Waals surface area contributed by atoms with Crippen LogP contribution < -0.4 is 0 Å². The highest BCUT2D eigenvalue weighted by molar-refractivity contribution is 5.96. The molecular weight excluding hydrogens is 191 g/mol. The van der Waals surface area contributed by atoms with Gasteiger partial charge in [0.1, 0.15) is 5.82 Å². The number of benzene rings is 1. The molecule has 80 valence electrons. The fraction of sp³-hybridized carbons (Fsp3) is 0.308. The molecule has 0 N–H and O–H groups in total. The molecule has 15 heavy (non-hydrogen) atoms. The molecule has 0 amide bonds. The normalized spacial score (nSPS) is 11.5. The van der Waals surface area contributed by atoms with Crippen molar-refractivity contribution in [2.75, 3.05) is 0 Å². The third-order valence-electron chi connectivity index (χ3n) is 2.40. The second-order valence-corrected chi connectivity index (χ2v) is 3.36. The van der Waals surface area contributed by atoms with E-state index in [0.717, 1.165) is 5.57 Å². The van der Waals surface area contributed by atoms with Gasteiger partial charge in [0.25, 0.3) is 0 Å². The molecule has 0 aliphatic rings. The van der Waals surface area contributed by atoms with Crippen LogP contribution in [-0.2, 0) is 11.2 Å². The summed E-state index contributed by atoms with van der Waals surface area (Å²) in [6.07, 6.45) is 2.65. The molecular formula is C13H15FO. The highest BCUT2D eigenvalue weighted by Gasteiger charge is 2.10. The second kappa shape index (κ2) is 5.44. The summed E-state index contributed by atoms with van der Waals surface area (Å²) in [4.78, 5) is 11.7. The molecule has 0 saturated carbocycles. The van der Waals surface area contributed by atoms with Crippen molar-refractivity contribution in [2.24, 2.45) is 0 Å². The Kier molecular flexibility index (Phi) is 4.22. The number of halogens is 1. The average Bonchev–Trinajstić information content (AvgIpc) is 2.23. The lowest BCUT2D eigenvalue weighted by Gasteiger charge is -2.04. The Hall–Kier alpha value is -1.44. The number of hydrogen-bond acceptors (Lipinski definition) is 1. The third-order valence-corrected chi connectivity index (χ3v) is 2.40. The van der Waals surface area contributed by atoms with E-state index in [1.807, 2.05) is 13.8 Å². The number of ketones is 1. The predicted molar refractivity (Wildman–Crippen MR) is 59.2 cm³/mol. The Morgan fingerprint density at radius 3 is 2.60 bits per heavy atom. The van der Waals surface area contributed by atoms with Crippen molar-refractivity contribution >= 4 is 5.78 Å². The lowest BCUT2D eigenvalue weighted by molar-refractivity contribution is -0.115. The summed E-state index contributed by atoms with van der Waals surface area (Å²) in [5.74, 6) is -0.303. The molecule has 1 aromatic carbocycles. The van der Waals surface area contributed by atoms with Crippen LogP contribution in [0, 0.1) is 5.82 Å². The Labute approximate surface area is 89.6 Å². The fourth-order valence-electron chi connectivity index (χ4n) is 1.49. The van der Waals surface area contributed by atoms with E-state index in [1.165, 1.54) is 6.07 Å². The highest BCUT2D eigenvalue weighted by atomic mass is 19.1. The first-order valence-corrected chi connectivity index (χ1v) is 5.10. The number of rotatable bonds is 4. The predicted octanol–water partition coefficient (Wildman–Crippen LogP) is 3.29. The van der Waals surface area contributed by atoms with Crippen LogP contribution in [-0.4, -0.2) is 5.78 Å². The minimum Gasteiger partial charge on any atom is -0.294 e. The molecule has 0 fully saturated rings. The van der Waals surface area contributed by atoms with Gasteiger partial charge in [-0.05, 0) is 30.5 Å². The molecule has 0 aromatic heterocycles. The number of carbonyl (C=O) groups excluding carboxylic acids is 1. The van der Waals surface area contributed by atoms with Gasteiger partial charge in [0.2, 0.25) is 0 Å². The Balaban J connectivity index is 2.79. The summed E-state index contributed by atoms with van der Waals surface area (Å²) >= 11 is 0. The molecule has 1 rings (SSSR count). The SMILES string of the molecule is C/C=C(/CC)C(=O)Cc1ccccc1F. The zero-order valence-corrected chi connectivity index (χ0v) is 9.09. The van der Waals surface area contributed by atoms with E-state index >= 15 is 0 Å². The standard InChI is InChI=1S/C13H15FO/c1-3-10(4-2)13(15)9-11-7-5-6-8-12(11)14/h3,5-8H,4,9H2,1-2H3/b10-3-. The van der Waals surface area contributed by atoms with Crippen LogP contribution in [0.3, 0.4) is 0 Å². The van der Waals surface area contributed by atoms with Crippen molar-refractivity contribution < 1.29 is 9.18 Å². The van der Waals surface area contributed by atoms with E-state index in [9.17, 15) is 9.18 Å². The molecule has 0 heterocycles. The molecule has 1 aromatic rings. The Bertz CT molecular complexity index is 380. The van der Waals surface area contributed by atoms with Crippen LogP contribution in [0.4, 0.5) is 4.39 Å². The quantitative estimate of drug-likeness (QED) is 0.691. The highest BCUT2D eigenvalue weighted by Crippen LogP contribution is 2.11. The van der Waals surface area contributed by atoms with E-state index < -0.39 is 0 Å². The smallest absolute Gasteiger partial charge is 0.162 e. The zero-order chi connectivity index (χ0) is 11.3. The molecule has 0 atom stereocenters. The largest absolute Gasteiger partial charge is 0.294 e. The van der Waals surface area contributed by atoms with Gasteiger partial charge >= 0.3 is 0 Å². The van der Waals surface area contributed by atoms with Crippen molar-refractivity contribution in [3.8, 4) is 0 Å². The van der Waals surface area contributed by atoms with Crippen molar-refractivity contribution in [3.63, 3.8) is 0 Å². The van der Waals surface area contributed by atoms with E-state index in [0.29, 0.717) is 12.0 Å². The average molecular weight is 206 g/mol. The Morgan fingerprint density at radius 2 is 2.07 bits per heavy atom. The van der Waals surface area contributed by atoms with Gasteiger partial charge in [-0.3, -0.25) is 4.79 Å². The van der Waals surface area contributed by atoms with Crippen LogP contribution in [0.2, 0.25) is 0 Å². The minimum atomic E-state index is -0.308. The maximum atomic E-state index is 13.2. The van der Waals surface area contributed by atoms with E-state index in [-0.39, 0.29) is 18.0 Å². The van der Waals surface area contributed by atoms with Gasteiger partial charge in [-0.15, -0.1) is 0 Å². The lowest BCUT2D eigenvalue weighted by Crippen LogP contribution is -2.07. The van der Waals surface area contributed by atoms with Crippen LogP contribution in [0.25, 0.3) is 0 Å². The minimum absolute atomic E-state index is 0.00472. The molecule has 0 aliphatic heterocycles. The number of Topliss-reactive ketones (excluding diaryl/α,β-unsaturated/α-hetero) is 1. The van der Waals surface area contributed by atoms with Crippen LogP contribution >= 0.6 is 0 Å². The molecule has 0 bridgehead atoms. The van der Waals surface area contributed by atoms with Crippen molar-refractivity contribution in [1.29, 1.82) is 0 Å². The maximum absolute atomic E-state index is 13.2. The topological polar surface area (TPSA) is 17.1 Å². The molecule has 0 unspecified atom stereocenters. The summed E-state index contributed by atoms with van der Waals surface area (Å²) in [5, 5.41) is 0. The van der Waals surface area contributed by atoms with E-state index in [2.05, 4.69) is 0 Å². The number of allylic oxidation sites excluding steroid dienone is 2. The lowest BCUT2D eigenvalue weighted by atomic mass is 10.0. The summed E-state index contributed by atoms with van der Waals surface area (Å²) in [5.41, 5.74) is 1.23. The number of hydrogen-bond donors (Lipinski definition) is 0. The number of carbonyl (C=O) groups is 1. The second-order valence-electron chi connectivity index (χ2n) is 3.36. The van der Waals surface area contributed by atoms with Gasteiger partial charge in [-0.1, -0.05) is 31.2 Å². The molecule has 0 radical (unpaired) electrons. The first kappa shape index (κ1) is 11.6. The van der Waals surface area contributed by atoms with Crippen molar-refractivity contribution in [1.82, 2.24) is 0 Å². The summed E-state index contributed by atoms with van der Waals surface area (Å²) < 4.78 is 13.2. The van der Waals surface area contributed by atoms with Gasteiger partial charge in [0.05, 0.1) is 0 Å². The van der Waals surface area contributed by atoms with Gasteiger partial charge < -0.3 is 0 Å². The zero-order valence-electron chi connectivity index (χ0n) is 9.09. The van der Waals surface area contributed by atoms with Gasteiger partial charge in [-0.25, -0.2) is 4.39 Å². The molecule has 2 heteroatoms. The summed E-state index contributed by atoms with van der Waals surface area (Å²) in [6, 6.07) is 6.40. The van der Waals surface area contributed by atoms with Gasteiger partial charge in [-0.2, -0.15) is 0 Å². The van der Waals surface area contributed by atoms with Crippen LogP contribution in [0.5, 0.6) is 0 Å². The van der Waals surface area contributed by atoms with E-state index in [4.69, 9.17) is 0 Å². The molecule has 0 saturated heterocycles. The summed E-state index contributed by atoms with van der Waals surface area (Å²) in [6.45, 7) is 3.76. The maximum Gasteiger partial charge on any atom is 0.162 e. The van der Waals surface area contributed by atoms with Crippen LogP contribution in [0.15, 0.2) is 35.9 Å². The third kappa shape index (κ3) is 3.01. The van der Waals surface area contributed by atoms with Crippen LogP contribution in [0.1, 0.15) is 25.8 Å². The van der Waals surface area contributed by atoms with E-state index in [1.54, 1.807) is 24.3 Å². The molecule has 0 spiro atoms. The summed E-state index contributed by atoms with van der Waals surface area (Å²) in [7, 11) is 0. The Morgan fingerprint density at radius 1 is 1.40 bits per heavy atom. The fourth-order valence-corrected chi connectivity index (χ4v) is 1.49. The first-order valence-electron chi connectivity index (χ1n) is 5.10. The monoisotopic (exact) mass is 206 g/mol. The van der Waals surface area contributed by atoms with Crippen molar-refractivity contribution in [2.45, 2.75) is 26.7 Å². The van der Waals surface area contributed by atoms with Gasteiger partial charge in [0, 0.05) is 6.42 Å². The molecule has 1 nitrogen and oxygen atoms in total. The first-order chi connectivity index (χ1) is 7.19. The van der Waals surface area contributed by atoms with Gasteiger partial charge in [0.15, 0.2) is 5.78 Å².